The zero-order valence-electron chi connectivity index (χ0n) is 13.3. The molecule has 0 aliphatic heterocycles. The maximum Gasteiger partial charge on any atom is 0.135 e. The number of nitrogens with zero attached hydrogens (tertiary/aromatic N) is 1. The number of aromatic nitrogens is 1. The fourth-order valence-corrected chi connectivity index (χ4v) is 4.58. The van der Waals surface area contributed by atoms with Crippen LogP contribution in [0.15, 0.2) is 53.1 Å². The van der Waals surface area contributed by atoms with Crippen molar-refractivity contribution in [3.63, 3.8) is 0 Å². The van der Waals surface area contributed by atoms with Gasteiger partial charge in [-0.1, -0.05) is 23.7 Å². The van der Waals surface area contributed by atoms with Gasteiger partial charge in [0, 0.05) is 33.2 Å². The number of benzene rings is 2. The number of halogens is 2. The lowest BCUT2D eigenvalue weighted by Crippen LogP contribution is -2.01. The number of hydrogen-bond donors (Lipinski definition) is 1. The molecule has 2 heterocycles. The summed E-state index contributed by atoms with van der Waals surface area (Å²) >= 11 is 11.6. The maximum atomic E-state index is 6.21. The third-order valence-corrected chi connectivity index (χ3v) is 6.33. The van der Waals surface area contributed by atoms with Gasteiger partial charge in [0.15, 0.2) is 0 Å². The first kappa shape index (κ1) is 16.6. The predicted octanol–water partition coefficient (Wildman–Crippen LogP) is 6.49. The summed E-state index contributed by atoms with van der Waals surface area (Å²) < 4.78 is 8.56. The van der Waals surface area contributed by atoms with E-state index in [0.29, 0.717) is 6.54 Å². The monoisotopic (exact) mass is 432 g/mol. The van der Waals surface area contributed by atoms with Gasteiger partial charge >= 0.3 is 0 Å². The van der Waals surface area contributed by atoms with Crippen LogP contribution in [0.4, 0.5) is 5.82 Å². The smallest absolute Gasteiger partial charge is 0.135 e. The minimum absolute atomic E-state index is 0.686. The van der Waals surface area contributed by atoms with E-state index < -0.39 is 0 Å². The first-order chi connectivity index (χ1) is 12.2. The number of rotatable bonds is 4. The fraction of sp³-hybridized carbons (Fsp3) is 0.105. The van der Waals surface area contributed by atoms with Gasteiger partial charge < -0.3 is 10.1 Å². The van der Waals surface area contributed by atoms with E-state index in [1.807, 2.05) is 42.6 Å². The minimum atomic E-state index is 0.686. The topological polar surface area (TPSA) is 34.1 Å². The molecule has 6 heteroatoms. The Kier molecular flexibility index (Phi) is 4.54. The Morgan fingerprint density at radius 3 is 2.76 bits per heavy atom. The number of pyridine rings is 1. The highest BCUT2D eigenvalue weighted by molar-refractivity contribution is 9.10. The van der Waals surface area contributed by atoms with Crippen LogP contribution in [0.1, 0.15) is 5.56 Å². The lowest BCUT2D eigenvalue weighted by atomic mass is 10.1. The first-order valence-corrected chi connectivity index (χ1v) is 9.67. The molecule has 0 bridgehead atoms. The average molecular weight is 434 g/mol. The molecule has 3 nitrogen and oxygen atoms in total. The van der Waals surface area contributed by atoms with Crippen molar-refractivity contribution in [2.75, 3.05) is 12.4 Å². The van der Waals surface area contributed by atoms with Crippen LogP contribution in [0.3, 0.4) is 0 Å². The van der Waals surface area contributed by atoms with E-state index >= 15 is 0 Å². The number of ether oxygens (including phenoxy) is 1. The molecule has 4 aromatic rings. The number of methoxy groups -OCH3 is 1. The molecule has 0 saturated heterocycles. The third kappa shape index (κ3) is 3.19. The summed E-state index contributed by atoms with van der Waals surface area (Å²) in [5.74, 6) is 1.72. The molecule has 0 aliphatic rings. The van der Waals surface area contributed by atoms with Gasteiger partial charge in [-0.05, 0) is 51.8 Å². The number of fused-ring (bicyclic) bond motifs is 3. The Hall–Kier alpha value is -1.82. The van der Waals surface area contributed by atoms with Gasteiger partial charge in [0.2, 0.25) is 0 Å². The van der Waals surface area contributed by atoms with Crippen molar-refractivity contribution >= 4 is 64.9 Å². The van der Waals surface area contributed by atoms with E-state index in [0.717, 1.165) is 37.4 Å². The molecule has 0 unspecified atom stereocenters. The van der Waals surface area contributed by atoms with Gasteiger partial charge in [-0.2, -0.15) is 0 Å². The van der Waals surface area contributed by atoms with Crippen LogP contribution in [0.25, 0.3) is 20.2 Å². The molecule has 0 atom stereocenters. The van der Waals surface area contributed by atoms with Crippen LogP contribution in [-0.4, -0.2) is 12.1 Å². The van der Waals surface area contributed by atoms with E-state index in [9.17, 15) is 0 Å². The Balaban J connectivity index is 1.74. The Morgan fingerprint density at radius 1 is 1.20 bits per heavy atom. The van der Waals surface area contributed by atoms with Gasteiger partial charge in [0.1, 0.15) is 11.6 Å². The van der Waals surface area contributed by atoms with Crippen LogP contribution < -0.4 is 10.1 Å². The van der Waals surface area contributed by atoms with Gasteiger partial charge in [-0.25, -0.2) is 4.98 Å². The van der Waals surface area contributed by atoms with Crippen LogP contribution in [0.5, 0.6) is 5.75 Å². The predicted molar refractivity (Wildman–Crippen MR) is 110 cm³/mol. The van der Waals surface area contributed by atoms with Crippen molar-refractivity contribution in [2.45, 2.75) is 6.54 Å². The molecule has 2 aromatic carbocycles. The SMILES string of the molecule is COc1ccc(CNc2ncc(Br)c3sc4ccc(Cl)cc4c23)cc1. The van der Waals surface area contributed by atoms with E-state index in [2.05, 4.69) is 32.3 Å². The summed E-state index contributed by atoms with van der Waals surface area (Å²) in [7, 11) is 1.67. The maximum absolute atomic E-state index is 6.21. The summed E-state index contributed by atoms with van der Waals surface area (Å²) in [5, 5.41) is 6.41. The molecule has 4 rings (SSSR count). The van der Waals surface area contributed by atoms with E-state index in [1.54, 1.807) is 18.4 Å². The summed E-state index contributed by atoms with van der Waals surface area (Å²) in [5.41, 5.74) is 1.16. The van der Waals surface area contributed by atoms with Crippen molar-refractivity contribution in [1.29, 1.82) is 0 Å². The second-order valence-electron chi connectivity index (χ2n) is 5.60. The Labute approximate surface area is 162 Å². The second kappa shape index (κ2) is 6.83. The standard InChI is InChI=1S/C19H14BrClN2OS/c1-24-13-5-2-11(3-6-13)9-22-19-17-14-8-12(21)4-7-16(14)25-18(17)15(20)10-23-19/h2-8,10H,9H2,1H3,(H,22,23). The molecule has 0 fully saturated rings. The molecule has 0 radical (unpaired) electrons. The lowest BCUT2D eigenvalue weighted by molar-refractivity contribution is 0.414. The van der Waals surface area contributed by atoms with Crippen molar-refractivity contribution in [3.8, 4) is 5.75 Å². The molecule has 0 aliphatic carbocycles. The molecular weight excluding hydrogens is 420 g/mol. The van der Waals surface area contributed by atoms with Crippen LogP contribution >= 0.6 is 38.9 Å². The highest BCUT2D eigenvalue weighted by Gasteiger charge is 2.14. The van der Waals surface area contributed by atoms with E-state index in [-0.39, 0.29) is 0 Å². The average Bonchev–Trinajstić information content (AvgIpc) is 3.01. The number of anilines is 1. The molecule has 126 valence electrons. The molecule has 0 saturated carbocycles. The molecule has 0 amide bonds. The van der Waals surface area contributed by atoms with E-state index in [1.165, 1.54) is 9.40 Å². The number of nitrogens with one attached hydrogen (secondary N) is 1. The zero-order chi connectivity index (χ0) is 17.4. The highest BCUT2D eigenvalue weighted by Crippen LogP contribution is 2.41. The van der Waals surface area contributed by atoms with Gasteiger partial charge in [-0.3, -0.25) is 0 Å². The van der Waals surface area contributed by atoms with Crippen molar-refractivity contribution < 1.29 is 4.74 Å². The zero-order valence-corrected chi connectivity index (χ0v) is 16.5. The van der Waals surface area contributed by atoms with Crippen molar-refractivity contribution in [2.24, 2.45) is 0 Å². The molecular formula is C19H14BrClN2OS. The number of hydrogen-bond acceptors (Lipinski definition) is 4. The Bertz CT molecular complexity index is 1060. The third-order valence-electron chi connectivity index (χ3n) is 4.03. The number of thiophene rings is 1. The normalized spacial score (nSPS) is 11.2. The Morgan fingerprint density at radius 2 is 2.00 bits per heavy atom. The molecule has 2 aromatic heterocycles. The van der Waals surface area contributed by atoms with Crippen LogP contribution in [0.2, 0.25) is 5.02 Å². The fourth-order valence-electron chi connectivity index (χ4n) is 2.78. The van der Waals surface area contributed by atoms with Crippen LogP contribution in [-0.2, 0) is 6.54 Å². The second-order valence-corrected chi connectivity index (χ2v) is 7.95. The summed E-state index contributed by atoms with van der Waals surface area (Å²) in [6.07, 6.45) is 1.84. The van der Waals surface area contributed by atoms with E-state index in [4.69, 9.17) is 16.3 Å². The van der Waals surface area contributed by atoms with Gasteiger partial charge in [0.25, 0.3) is 0 Å². The molecule has 1 N–H and O–H groups in total. The highest BCUT2D eigenvalue weighted by atomic mass is 79.9. The van der Waals surface area contributed by atoms with Crippen molar-refractivity contribution in [1.82, 2.24) is 4.98 Å². The molecule has 0 spiro atoms. The molecule has 25 heavy (non-hydrogen) atoms. The van der Waals surface area contributed by atoms with Crippen LogP contribution in [0, 0.1) is 0 Å². The summed E-state index contributed by atoms with van der Waals surface area (Å²) in [6, 6.07) is 14.0. The van der Waals surface area contributed by atoms with Gasteiger partial charge in [0.05, 0.1) is 16.3 Å². The first-order valence-electron chi connectivity index (χ1n) is 7.69. The van der Waals surface area contributed by atoms with Crippen molar-refractivity contribution in [3.05, 3.63) is 63.7 Å². The van der Waals surface area contributed by atoms with Gasteiger partial charge in [-0.15, -0.1) is 11.3 Å². The largest absolute Gasteiger partial charge is 0.497 e. The quantitative estimate of drug-likeness (QED) is 0.399. The lowest BCUT2D eigenvalue weighted by Gasteiger charge is -2.09. The summed E-state index contributed by atoms with van der Waals surface area (Å²) in [4.78, 5) is 4.59. The summed E-state index contributed by atoms with van der Waals surface area (Å²) in [6.45, 7) is 0.686. The minimum Gasteiger partial charge on any atom is -0.497 e.